The lowest BCUT2D eigenvalue weighted by Crippen LogP contribution is -2.21. The molecule has 0 aliphatic rings. The Hall–Kier alpha value is -2.05. The van der Waals surface area contributed by atoms with E-state index in [1.54, 1.807) is 12.1 Å². The molecular weight excluding hydrogens is 336 g/mol. The summed E-state index contributed by atoms with van der Waals surface area (Å²) in [7, 11) is -3.24. The second-order valence-corrected chi connectivity index (χ2v) is 7.60. The van der Waals surface area contributed by atoms with Gasteiger partial charge in [0.25, 0.3) is 0 Å². The average molecular weight is 353 g/mol. The van der Waals surface area contributed by atoms with Crippen LogP contribution >= 0.6 is 11.6 Å². The molecule has 0 aromatic heterocycles. The molecule has 23 heavy (non-hydrogen) atoms. The summed E-state index contributed by atoms with van der Waals surface area (Å²) in [6.45, 7) is 1.99. The summed E-state index contributed by atoms with van der Waals surface area (Å²) in [5.41, 5.74) is 2.25. The standard InChI is InChI=1S/C16H17ClN2O3S/c1-11-3-8-15(14(17)9-11)18-10-16(20)19-12-4-6-13(7-5-12)23(2,21)22/h3-9,18H,10H2,1-2H3,(H,19,20). The second-order valence-electron chi connectivity index (χ2n) is 5.18. The minimum absolute atomic E-state index is 0.0522. The smallest absolute Gasteiger partial charge is 0.243 e. The molecule has 0 heterocycles. The topological polar surface area (TPSA) is 75.3 Å². The third-order valence-corrected chi connectivity index (χ3v) is 4.57. The summed E-state index contributed by atoms with van der Waals surface area (Å²) in [6.07, 6.45) is 1.13. The summed E-state index contributed by atoms with van der Waals surface area (Å²) in [4.78, 5) is 12.1. The fourth-order valence-electron chi connectivity index (χ4n) is 1.93. The first-order valence-electron chi connectivity index (χ1n) is 6.86. The van der Waals surface area contributed by atoms with Crippen LogP contribution in [0.3, 0.4) is 0 Å². The van der Waals surface area contributed by atoms with Crippen molar-refractivity contribution in [3.63, 3.8) is 0 Å². The van der Waals surface area contributed by atoms with Crippen LogP contribution in [0.1, 0.15) is 5.56 Å². The van der Waals surface area contributed by atoms with Crippen molar-refractivity contribution in [1.82, 2.24) is 0 Å². The number of hydrogen-bond donors (Lipinski definition) is 2. The fraction of sp³-hybridized carbons (Fsp3) is 0.188. The Bertz CT molecular complexity index is 818. The van der Waals surface area contributed by atoms with Crippen LogP contribution in [-0.4, -0.2) is 27.1 Å². The van der Waals surface area contributed by atoms with Crippen LogP contribution in [0.5, 0.6) is 0 Å². The van der Waals surface area contributed by atoms with Crippen LogP contribution in [0.4, 0.5) is 11.4 Å². The normalized spacial score (nSPS) is 11.1. The summed E-state index contributed by atoms with van der Waals surface area (Å²) in [5.74, 6) is -0.256. The highest BCUT2D eigenvalue weighted by molar-refractivity contribution is 7.90. The number of halogens is 1. The molecular formula is C16H17ClN2O3S. The molecule has 0 saturated carbocycles. The van der Waals surface area contributed by atoms with E-state index in [0.717, 1.165) is 11.8 Å². The zero-order valence-electron chi connectivity index (χ0n) is 12.8. The Balaban J connectivity index is 1.94. The van der Waals surface area contributed by atoms with Crippen LogP contribution in [0.25, 0.3) is 0 Å². The highest BCUT2D eigenvalue weighted by Gasteiger charge is 2.08. The third-order valence-electron chi connectivity index (χ3n) is 3.13. The first-order valence-corrected chi connectivity index (χ1v) is 9.12. The van der Waals surface area contributed by atoms with E-state index in [9.17, 15) is 13.2 Å². The molecule has 1 amide bonds. The zero-order chi connectivity index (χ0) is 17.0. The molecule has 0 fully saturated rings. The first-order chi connectivity index (χ1) is 10.8. The minimum atomic E-state index is -3.24. The first kappa shape index (κ1) is 17.3. The average Bonchev–Trinajstić information content (AvgIpc) is 2.46. The minimum Gasteiger partial charge on any atom is -0.375 e. The van der Waals surface area contributed by atoms with Crippen LogP contribution in [0, 0.1) is 6.92 Å². The van der Waals surface area contributed by atoms with Gasteiger partial charge in [0.2, 0.25) is 5.91 Å². The van der Waals surface area contributed by atoms with Gasteiger partial charge in [-0.25, -0.2) is 8.42 Å². The van der Waals surface area contributed by atoms with Crippen molar-refractivity contribution in [1.29, 1.82) is 0 Å². The van der Waals surface area contributed by atoms with E-state index in [4.69, 9.17) is 11.6 Å². The Morgan fingerprint density at radius 1 is 1.13 bits per heavy atom. The summed E-state index contributed by atoms with van der Waals surface area (Å²) in [5, 5.41) is 6.19. The predicted molar refractivity (Wildman–Crippen MR) is 92.9 cm³/mol. The van der Waals surface area contributed by atoms with Crippen LogP contribution in [0.15, 0.2) is 47.4 Å². The Labute approximate surface area is 140 Å². The fourth-order valence-corrected chi connectivity index (χ4v) is 2.86. The predicted octanol–water partition coefficient (Wildman–Crippen LogP) is 3.10. The van der Waals surface area contributed by atoms with Crippen molar-refractivity contribution >= 4 is 38.7 Å². The van der Waals surface area contributed by atoms with Crippen LogP contribution in [-0.2, 0) is 14.6 Å². The number of amides is 1. The van der Waals surface area contributed by atoms with Gasteiger partial charge < -0.3 is 10.6 Å². The van der Waals surface area contributed by atoms with E-state index >= 15 is 0 Å². The van der Waals surface area contributed by atoms with Gasteiger partial charge >= 0.3 is 0 Å². The van der Waals surface area contributed by atoms with Gasteiger partial charge in [-0.2, -0.15) is 0 Å². The number of sulfone groups is 1. The van der Waals surface area contributed by atoms with Crippen molar-refractivity contribution in [3.8, 4) is 0 Å². The molecule has 7 heteroatoms. The maximum Gasteiger partial charge on any atom is 0.243 e. The number of carbonyl (C=O) groups excluding carboxylic acids is 1. The number of hydrogen-bond acceptors (Lipinski definition) is 4. The molecule has 2 aromatic carbocycles. The van der Waals surface area contributed by atoms with E-state index in [1.165, 1.54) is 12.1 Å². The lowest BCUT2D eigenvalue weighted by molar-refractivity contribution is -0.114. The Kier molecular flexibility index (Phi) is 5.28. The molecule has 122 valence electrons. The SMILES string of the molecule is Cc1ccc(NCC(=O)Nc2ccc(S(C)(=O)=O)cc2)c(Cl)c1. The molecule has 0 atom stereocenters. The van der Waals surface area contributed by atoms with Gasteiger partial charge in [0, 0.05) is 11.9 Å². The summed E-state index contributed by atoms with van der Waals surface area (Å²) in [6, 6.07) is 11.5. The Morgan fingerprint density at radius 2 is 1.78 bits per heavy atom. The molecule has 2 N–H and O–H groups in total. The van der Waals surface area contributed by atoms with Gasteiger partial charge in [0.1, 0.15) is 0 Å². The van der Waals surface area contributed by atoms with E-state index in [0.29, 0.717) is 16.4 Å². The van der Waals surface area contributed by atoms with Gasteiger partial charge in [-0.1, -0.05) is 17.7 Å². The largest absolute Gasteiger partial charge is 0.375 e. The number of benzene rings is 2. The summed E-state index contributed by atoms with van der Waals surface area (Å²) < 4.78 is 22.7. The molecule has 0 aliphatic carbocycles. The van der Waals surface area contributed by atoms with E-state index in [1.807, 2.05) is 25.1 Å². The lowest BCUT2D eigenvalue weighted by atomic mass is 10.2. The second kappa shape index (κ2) is 7.02. The van der Waals surface area contributed by atoms with Gasteiger partial charge in [-0.15, -0.1) is 0 Å². The number of nitrogens with one attached hydrogen (secondary N) is 2. The van der Waals surface area contributed by atoms with Gasteiger partial charge in [0.05, 0.1) is 22.2 Å². The highest BCUT2D eigenvalue weighted by Crippen LogP contribution is 2.22. The molecule has 0 bridgehead atoms. The van der Waals surface area contributed by atoms with E-state index in [2.05, 4.69) is 10.6 Å². The maximum absolute atomic E-state index is 11.9. The molecule has 0 saturated heterocycles. The lowest BCUT2D eigenvalue weighted by Gasteiger charge is -2.10. The number of rotatable bonds is 5. The van der Waals surface area contributed by atoms with Crippen molar-refractivity contribution in [3.05, 3.63) is 53.1 Å². The Morgan fingerprint density at radius 3 is 2.35 bits per heavy atom. The van der Waals surface area contributed by atoms with Crippen LogP contribution in [0.2, 0.25) is 5.02 Å². The molecule has 0 radical (unpaired) electrons. The van der Waals surface area contributed by atoms with Crippen molar-refractivity contribution in [2.45, 2.75) is 11.8 Å². The quantitative estimate of drug-likeness (QED) is 0.867. The summed E-state index contributed by atoms with van der Waals surface area (Å²) >= 11 is 6.08. The van der Waals surface area contributed by atoms with E-state index in [-0.39, 0.29) is 17.3 Å². The molecule has 0 aliphatic heterocycles. The molecule has 5 nitrogen and oxygen atoms in total. The number of aryl methyl sites for hydroxylation is 1. The molecule has 2 rings (SSSR count). The van der Waals surface area contributed by atoms with Gasteiger partial charge in [-0.05, 0) is 48.9 Å². The highest BCUT2D eigenvalue weighted by atomic mass is 35.5. The van der Waals surface area contributed by atoms with Gasteiger partial charge in [-0.3, -0.25) is 4.79 Å². The van der Waals surface area contributed by atoms with Crippen molar-refractivity contribution in [2.75, 3.05) is 23.4 Å². The maximum atomic E-state index is 11.9. The zero-order valence-corrected chi connectivity index (χ0v) is 14.3. The van der Waals surface area contributed by atoms with E-state index < -0.39 is 9.84 Å². The molecule has 0 spiro atoms. The van der Waals surface area contributed by atoms with Crippen molar-refractivity contribution < 1.29 is 13.2 Å². The van der Waals surface area contributed by atoms with Crippen LogP contribution < -0.4 is 10.6 Å². The monoisotopic (exact) mass is 352 g/mol. The number of carbonyl (C=O) groups is 1. The molecule has 0 unspecified atom stereocenters. The van der Waals surface area contributed by atoms with Gasteiger partial charge in [0.15, 0.2) is 9.84 Å². The third kappa shape index (κ3) is 4.97. The number of anilines is 2. The molecule has 2 aromatic rings. The van der Waals surface area contributed by atoms with Crippen molar-refractivity contribution in [2.24, 2.45) is 0 Å².